The molecule has 2 amide bonds. The molecular weight excluding hydrogens is 533 g/mol. The van der Waals surface area contributed by atoms with Gasteiger partial charge < -0.3 is 20.7 Å². The first-order valence-electron chi connectivity index (χ1n) is 10.5. The van der Waals surface area contributed by atoms with E-state index in [4.69, 9.17) is 39.5 Å². The fourth-order valence-electron chi connectivity index (χ4n) is 3.08. The molecule has 1 unspecified atom stereocenters. The third-order valence-electron chi connectivity index (χ3n) is 4.80. The van der Waals surface area contributed by atoms with Gasteiger partial charge in [-0.05, 0) is 38.1 Å². The summed E-state index contributed by atoms with van der Waals surface area (Å²) in [6.07, 6.45) is -1.22. The molecule has 0 saturated carbocycles. The van der Waals surface area contributed by atoms with E-state index in [0.717, 1.165) is 11.3 Å². The summed E-state index contributed by atoms with van der Waals surface area (Å²) < 4.78 is 3.21. The molecule has 1 aromatic heterocycles. The van der Waals surface area contributed by atoms with Crippen LogP contribution in [0.5, 0.6) is 0 Å². The molecule has 3 rings (SSSR count). The van der Waals surface area contributed by atoms with Gasteiger partial charge in [0.1, 0.15) is 16.2 Å². The Labute approximate surface area is 221 Å². The highest BCUT2D eigenvalue weighted by Crippen LogP contribution is 2.40. The van der Waals surface area contributed by atoms with Gasteiger partial charge in [0, 0.05) is 16.7 Å². The molecule has 0 aliphatic rings. The summed E-state index contributed by atoms with van der Waals surface area (Å²) in [5.74, 6) is -1.47. The Morgan fingerprint density at radius 1 is 0.914 bits per heavy atom. The van der Waals surface area contributed by atoms with Crippen LogP contribution in [0.4, 0.5) is 10.0 Å². The molecule has 0 radical (unpaired) electrons. The predicted octanol–water partition coefficient (Wildman–Crippen LogP) is 6.02. The number of alkyl halides is 3. The summed E-state index contributed by atoms with van der Waals surface area (Å²) in [5, 5.41) is 9.05. The minimum Gasteiger partial charge on any atom is -0.462 e. The summed E-state index contributed by atoms with van der Waals surface area (Å²) in [6.45, 7) is 3.48. The predicted molar refractivity (Wildman–Crippen MR) is 141 cm³/mol. The number of ether oxygens (including phenoxy) is 1. The molecule has 2 aromatic carbocycles. The molecule has 1 heterocycles. The number of halogens is 3. The van der Waals surface area contributed by atoms with Crippen molar-refractivity contribution in [1.29, 1.82) is 0 Å². The normalized spacial score (nSPS) is 11.9. The Morgan fingerprint density at radius 3 is 1.97 bits per heavy atom. The molecule has 3 aromatic rings. The van der Waals surface area contributed by atoms with Crippen LogP contribution in [0, 0.1) is 6.92 Å². The monoisotopic (exact) mass is 553 g/mol. The van der Waals surface area contributed by atoms with Crippen molar-refractivity contribution >= 4 is 73.9 Å². The fourth-order valence-corrected chi connectivity index (χ4v) is 4.53. The van der Waals surface area contributed by atoms with Crippen LogP contribution in [0.25, 0.3) is 0 Å². The molecule has 35 heavy (non-hydrogen) atoms. The average molecular weight is 555 g/mol. The van der Waals surface area contributed by atoms with Crippen molar-refractivity contribution in [2.75, 3.05) is 17.2 Å². The van der Waals surface area contributed by atoms with E-state index >= 15 is 0 Å². The van der Waals surface area contributed by atoms with Crippen molar-refractivity contribution in [1.82, 2.24) is 5.32 Å². The molecule has 11 heteroatoms. The lowest BCUT2D eigenvalue weighted by molar-refractivity contribution is 0.0527. The first-order chi connectivity index (χ1) is 16.6. The van der Waals surface area contributed by atoms with E-state index in [9.17, 15) is 14.4 Å². The zero-order chi connectivity index (χ0) is 25.6. The number of amides is 2. The smallest absolute Gasteiger partial charge is 0.341 e. The summed E-state index contributed by atoms with van der Waals surface area (Å²) in [5.41, 5.74) is 1.44. The van der Waals surface area contributed by atoms with Crippen molar-refractivity contribution in [3.8, 4) is 0 Å². The van der Waals surface area contributed by atoms with E-state index in [0.29, 0.717) is 21.7 Å². The van der Waals surface area contributed by atoms with Crippen LogP contribution in [0.1, 0.15) is 43.6 Å². The van der Waals surface area contributed by atoms with E-state index in [1.165, 1.54) is 0 Å². The van der Waals surface area contributed by atoms with E-state index in [1.807, 2.05) is 0 Å². The van der Waals surface area contributed by atoms with Crippen molar-refractivity contribution in [3.05, 3.63) is 82.9 Å². The third-order valence-corrected chi connectivity index (χ3v) is 6.60. The Bertz CT molecular complexity index is 1200. The Kier molecular flexibility index (Phi) is 9.02. The zero-order valence-corrected chi connectivity index (χ0v) is 21.8. The molecule has 0 saturated heterocycles. The van der Waals surface area contributed by atoms with Gasteiger partial charge in [0.05, 0.1) is 12.2 Å². The lowest BCUT2D eigenvalue weighted by Gasteiger charge is -2.27. The summed E-state index contributed by atoms with van der Waals surface area (Å²) in [4.78, 5) is 38.2. The zero-order valence-electron chi connectivity index (χ0n) is 18.7. The number of thiophene rings is 1. The van der Waals surface area contributed by atoms with Crippen molar-refractivity contribution in [2.45, 2.75) is 23.8 Å². The van der Waals surface area contributed by atoms with Crippen LogP contribution >= 0.6 is 46.1 Å². The fraction of sp³-hybridized carbons (Fsp3) is 0.208. The number of rotatable bonds is 8. The molecule has 0 spiro atoms. The molecular formula is C24H22Cl3N3O4S. The van der Waals surface area contributed by atoms with Crippen LogP contribution in [0.15, 0.2) is 60.7 Å². The molecule has 3 N–H and O–H groups in total. The van der Waals surface area contributed by atoms with E-state index < -0.39 is 21.8 Å². The number of hydrogen-bond acceptors (Lipinski definition) is 6. The minimum absolute atomic E-state index is 0.137. The molecule has 184 valence electrons. The standard InChI is InChI=1S/C24H22Cl3N3O4S/c1-3-34-22(33)17-14(2)20(28-18(31)15-10-6-4-7-11-15)35-21(17)30-23(24(25,26)27)29-19(32)16-12-8-5-9-13-16/h4-13,23,30H,3H2,1-2H3,(H,28,31)(H,29,32). The van der Waals surface area contributed by atoms with Crippen LogP contribution in [-0.2, 0) is 4.74 Å². The van der Waals surface area contributed by atoms with E-state index in [-0.39, 0.29) is 23.1 Å². The van der Waals surface area contributed by atoms with Gasteiger partial charge in [0.25, 0.3) is 11.8 Å². The van der Waals surface area contributed by atoms with Crippen LogP contribution in [-0.4, -0.2) is 34.3 Å². The second kappa shape index (κ2) is 11.8. The number of hydrogen-bond donors (Lipinski definition) is 3. The highest BCUT2D eigenvalue weighted by atomic mass is 35.6. The number of nitrogens with one attached hydrogen (secondary N) is 3. The summed E-state index contributed by atoms with van der Waals surface area (Å²) in [6, 6.07) is 17.0. The van der Waals surface area contributed by atoms with Crippen molar-refractivity contribution in [2.24, 2.45) is 0 Å². The van der Waals surface area contributed by atoms with E-state index in [1.54, 1.807) is 74.5 Å². The first-order valence-corrected chi connectivity index (χ1v) is 12.4. The first kappa shape index (κ1) is 26.8. The van der Waals surface area contributed by atoms with Gasteiger partial charge in [-0.25, -0.2) is 4.79 Å². The summed E-state index contributed by atoms with van der Waals surface area (Å²) in [7, 11) is 0. The second-order valence-corrected chi connectivity index (χ2v) is 10.6. The van der Waals surface area contributed by atoms with E-state index in [2.05, 4.69) is 16.0 Å². The number of carbonyl (C=O) groups excluding carboxylic acids is 3. The molecule has 1 atom stereocenters. The van der Waals surface area contributed by atoms with Gasteiger partial charge in [-0.1, -0.05) is 82.5 Å². The maximum Gasteiger partial charge on any atom is 0.341 e. The second-order valence-electron chi connectivity index (χ2n) is 7.26. The molecule has 0 bridgehead atoms. The van der Waals surface area contributed by atoms with Gasteiger partial charge in [-0.2, -0.15) is 0 Å². The Morgan fingerprint density at radius 2 is 1.46 bits per heavy atom. The van der Waals surface area contributed by atoms with Gasteiger partial charge in [-0.15, -0.1) is 0 Å². The van der Waals surface area contributed by atoms with Crippen LogP contribution < -0.4 is 16.0 Å². The minimum atomic E-state index is -1.98. The number of carbonyl (C=O) groups is 3. The number of benzene rings is 2. The van der Waals surface area contributed by atoms with Gasteiger partial charge in [0.15, 0.2) is 0 Å². The lowest BCUT2D eigenvalue weighted by Crippen LogP contribution is -2.49. The van der Waals surface area contributed by atoms with Gasteiger partial charge >= 0.3 is 5.97 Å². The Hall–Kier alpha value is -2.78. The molecule has 0 fully saturated rings. The van der Waals surface area contributed by atoms with Crippen molar-refractivity contribution in [3.63, 3.8) is 0 Å². The summed E-state index contributed by atoms with van der Waals surface area (Å²) >= 11 is 19.5. The Balaban J connectivity index is 1.94. The van der Waals surface area contributed by atoms with Crippen LogP contribution in [0.3, 0.4) is 0 Å². The maximum atomic E-state index is 12.8. The highest BCUT2D eigenvalue weighted by molar-refractivity contribution is 7.20. The topological polar surface area (TPSA) is 96.5 Å². The van der Waals surface area contributed by atoms with Crippen molar-refractivity contribution < 1.29 is 19.1 Å². The largest absolute Gasteiger partial charge is 0.462 e. The number of esters is 1. The highest BCUT2D eigenvalue weighted by Gasteiger charge is 2.36. The molecule has 0 aliphatic carbocycles. The molecule has 7 nitrogen and oxygen atoms in total. The lowest BCUT2D eigenvalue weighted by atomic mass is 10.1. The quantitative estimate of drug-likeness (QED) is 0.180. The molecule has 0 aliphatic heterocycles. The maximum absolute atomic E-state index is 12.8. The van der Waals surface area contributed by atoms with Gasteiger partial charge in [-0.3, -0.25) is 9.59 Å². The van der Waals surface area contributed by atoms with Crippen LogP contribution in [0.2, 0.25) is 0 Å². The third kappa shape index (κ3) is 6.89. The average Bonchev–Trinajstić information content (AvgIpc) is 3.13. The number of anilines is 2. The SMILES string of the molecule is CCOC(=O)c1c(NC(NC(=O)c2ccccc2)C(Cl)(Cl)Cl)sc(NC(=O)c2ccccc2)c1C. The van der Waals surface area contributed by atoms with Gasteiger partial charge in [0.2, 0.25) is 3.79 Å².